The molecule has 0 aromatic heterocycles. The summed E-state index contributed by atoms with van der Waals surface area (Å²) < 4.78 is 14.9. The number of esters is 3. The van der Waals surface area contributed by atoms with Crippen LogP contribution in [0.3, 0.4) is 0 Å². The first-order valence-corrected chi connectivity index (χ1v) is 12.6. The topological polar surface area (TPSA) is 99.1 Å². The van der Waals surface area contributed by atoms with Gasteiger partial charge in [-0.1, -0.05) is 96.8 Å². The van der Waals surface area contributed by atoms with Crippen LogP contribution in [0.1, 0.15) is 124 Å². The molecule has 2 atom stereocenters. The SMILES string of the molecule is CCCCCCCCCCCCCCCCCC(=O)OC(OC(C)=O)C(CO)OC(C)=O. The standard InChI is InChI=1S/C25H46O7/c1-4-5-6-7-8-9-10-11-12-13-14-15-16-17-18-19-24(29)32-25(31-22(3)28)23(20-26)30-21(2)27/h23,25-26H,4-20H2,1-3H3. The molecule has 0 saturated carbocycles. The van der Waals surface area contributed by atoms with Crippen molar-refractivity contribution < 1.29 is 33.7 Å². The summed E-state index contributed by atoms with van der Waals surface area (Å²) in [5.41, 5.74) is 0. The average Bonchev–Trinajstić information content (AvgIpc) is 2.73. The molecule has 0 heterocycles. The Hall–Kier alpha value is -1.63. The van der Waals surface area contributed by atoms with Crippen molar-refractivity contribution in [1.82, 2.24) is 0 Å². The van der Waals surface area contributed by atoms with Crippen molar-refractivity contribution in [3.8, 4) is 0 Å². The Morgan fingerprint density at radius 1 is 0.625 bits per heavy atom. The highest BCUT2D eigenvalue weighted by Crippen LogP contribution is 2.15. The van der Waals surface area contributed by atoms with Crippen molar-refractivity contribution in [2.75, 3.05) is 6.61 Å². The third kappa shape index (κ3) is 19.1. The van der Waals surface area contributed by atoms with Gasteiger partial charge in [-0.3, -0.25) is 14.4 Å². The zero-order valence-corrected chi connectivity index (χ0v) is 20.6. The minimum Gasteiger partial charge on any atom is -0.452 e. The number of hydrogen-bond acceptors (Lipinski definition) is 7. The minimum absolute atomic E-state index is 0.189. The molecule has 0 saturated heterocycles. The van der Waals surface area contributed by atoms with Crippen LogP contribution in [0.15, 0.2) is 0 Å². The number of rotatable bonds is 21. The van der Waals surface area contributed by atoms with E-state index in [1.165, 1.54) is 77.0 Å². The van der Waals surface area contributed by atoms with Crippen molar-refractivity contribution in [3.63, 3.8) is 0 Å². The maximum Gasteiger partial charge on any atom is 0.309 e. The average molecular weight is 459 g/mol. The Bertz CT molecular complexity index is 493. The summed E-state index contributed by atoms with van der Waals surface area (Å²) in [7, 11) is 0. The number of unbranched alkanes of at least 4 members (excludes halogenated alkanes) is 14. The second-order valence-electron chi connectivity index (χ2n) is 8.50. The van der Waals surface area contributed by atoms with E-state index < -0.39 is 36.9 Å². The highest BCUT2D eigenvalue weighted by Gasteiger charge is 2.30. The van der Waals surface area contributed by atoms with Crippen LogP contribution >= 0.6 is 0 Å². The summed E-state index contributed by atoms with van der Waals surface area (Å²) >= 11 is 0. The largest absolute Gasteiger partial charge is 0.452 e. The Morgan fingerprint density at radius 2 is 1.03 bits per heavy atom. The number of carbonyl (C=O) groups is 3. The van der Waals surface area contributed by atoms with E-state index in [1.807, 2.05) is 0 Å². The van der Waals surface area contributed by atoms with Crippen molar-refractivity contribution in [1.29, 1.82) is 0 Å². The molecule has 32 heavy (non-hydrogen) atoms. The Balaban J connectivity index is 3.75. The van der Waals surface area contributed by atoms with Gasteiger partial charge in [0, 0.05) is 20.3 Å². The molecule has 0 amide bonds. The lowest BCUT2D eigenvalue weighted by Crippen LogP contribution is -2.40. The van der Waals surface area contributed by atoms with E-state index in [9.17, 15) is 19.5 Å². The summed E-state index contributed by atoms with van der Waals surface area (Å²) in [5, 5.41) is 9.33. The van der Waals surface area contributed by atoms with Gasteiger partial charge in [0.05, 0.1) is 6.61 Å². The smallest absolute Gasteiger partial charge is 0.309 e. The van der Waals surface area contributed by atoms with Gasteiger partial charge in [0.25, 0.3) is 6.29 Å². The molecule has 0 radical (unpaired) electrons. The number of ether oxygens (including phenoxy) is 3. The molecule has 7 nitrogen and oxygen atoms in total. The molecule has 7 heteroatoms. The fourth-order valence-corrected chi connectivity index (χ4v) is 3.56. The molecule has 0 aliphatic carbocycles. The summed E-state index contributed by atoms with van der Waals surface area (Å²) in [6.07, 6.45) is 16.1. The molecule has 0 aliphatic rings. The van der Waals surface area contributed by atoms with Crippen LogP contribution in [0.25, 0.3) is 0 Å². The van der Waals surface area contributed by atoms with Crippen molar-refractivity contribution in [2.24, 2.45) is 0 Å². The van der Waals surface area contributed by atoms with Crippen LogP contribution in [-0.4, -0.2) is 42.0 Å². The lowest BCUT2D eigenvalue weighted by molar-refractivity contribution is -0.216. The van der Waals surface area contributed by atoms with E-state index in [-0.39, 0.29) is 6.42 Å². The predicted octanol–water partition coefficient (Wildman–Crippen LogP) is 5.60. The van der Waals surface area contributed by atoms with Crippen molar-refractivity contribution in [2.45, 2.75) is 136 Å². The maximum atomic E-state index is 12.0. The molecule has 0 rings (SSSR count). The Kier molecular flexibility index (Phi) is 20.1. The number of carbonyl (C=O) groups excluding carboxylic acids is 3. The van der Waals surface area contributed by atoms with Crippen LogP contribution < -0.4 is 0 Å². The van der Waals surface area contributed by atoms with E-state index in [0.29, 0.717) is 6.42 Å². The predicted molar refractivity (Wildman–Crippen MR) is 124 cm³/mol. The fraction of sp³-hybridized carbons (Fsp3) is 0.880. The lowest BCUT2D eigenvalue weighted by atomic mass is 10.0. The van der Waals surface area contributed by atoms with Gasteiger partial charge in [-0.15, -0.1) is 0 Å². The molecular weight excluding hydrogens is 412 g/mol. The summed E-state index contributed by atoms with van der Waals surface area (Å²) in [5.74, 6) is -1.91. The highest BCUT2D eigenvalue weighted by atomic mass is 16.7. The normalized spacial score (nSPS) is 12.8. The van der Waals surface area contributed by atoms with Crippen LogP contribution in [-0.2, 0) is 28.6 Å². The van der Waals surface area contributed by atoms with Crippen molar-refractivity contribution >= 4 is 17.9 Å². The summed E-state index contributed by atoms with van der Waals surface area (Å²) in [6.45, 7) is 3.94. The summed E-state index contributed by atoms with van der Waals surface area (Å²) in [6, 6.07) is 0. The second-order valence-corrected chi connectivity index (χ2v) is 8.50. The molecular formula is C25H46O7. The number of aliphatic hydroxyl groups is 1. The van der Waals surface area contributed by atoms with Crippen LogP contribution in [0, 0.1) is 0 Å². The second kappa shape index (κ2) is 21.2. The number of aliphatic hydroxyl groups excluding tert-OH is 1. The van der Waals surface area contributed by atoms with Gasteiger partial charge >= 0.3 is 17.9 Å². The zero-order valence-electron chi connectivity index (χ0n) is 20.6. The Morgan fingerprint density at radius 3 is 1.41 bits per heavy atom. The number of hydrogen-bond donors (Lipinski definition) is 1. The van der Waals surface area contributed by atoms with Crippen molar-refractivity contribution in [3.05, 3.63) is 0 Å². The maximum absolute atomic E-state index is 12.0. The molecule has 0 fully saturated rings. The monoisotopic (exact) mass is 458 g/mol. The zero-order chi connectivity index (χ0) is 24.0. The molecule has 188 valence electrons. The third-order valence-corrected chi connectivity index (χ3v) is 5.32. The van der Waals surface area contributed by atoms with Gasteiger partial charge in [0.15, 0.2) is 6.10 Å². The first-order chi connectivity index (χ1) is 15.4. The van der Waals surface area contributed by atoms with Gasteiger partial charge < -0.3 is 19.3 Å². The molecule has 0 aromatic rings. The van der Waals surface area contributed by atoms with E-state index in [1.54, 1.807) is 0 Å². The van der Waals surface area contributed by atoms with Crippen LogP contribution in [0.4, 0.5) is 0 Å². The summed E-state index contributed by atoms with van der Waals surface area (Å²) in [4.78, 5) is 34.4. The fourth-order valence-electron chi connectivity index (χ4n) is 3.56. The molecule has 0 bridgehead atoms. The third-order valence-electron chi connectivity index (χ3n) is 5.32. The molecule has 0 spiro atoms. The lowest BCUT2D eigenvalue weighted by Gasteiger charge is -2.24. The minimum atomic E-state index is -1.44. The first-order valence-electron chi connectivity index (χ1n) is 12.6. The quantitative estimate of drug-likeness (QED) is 0.136. The molecule has 0 aliphatic heterocycles. The Labute approximate surface area is 194 Å². The van der Waals surface area contributed by atoms with Crippen LogP contribution in [0.2, 0.25) is 0 Å². The van der Waals surface area contributed by atoms with E-state index in [2.05, 4.69) is 6.92 Å². The van der Waals surface area contributed by atoms with E-state index >= 15 is 0 Å². The first kappa shape index (κ1) is 30.4. The molecule has 1 N–H and O–H groups in total. The van der Waals surface area contributed by atoms with Gasteiger partial charge in [0.2, 0.25) is 0 Å². The van der Waals surface area contributed by atoms with Gasteiger partial charge in [-0.05, 0) is 6.42 Å². The van der Waals surface area contributed by atoms with Gasteiger partial charge in [0.1, 0.15) is 0 Å². The van der Waals surface area contributed by atoms with E-state index in [0.717, 1.165) is 26.7 Å². The highest BCUT2D eigenvalue weighted by molar-refractivity contribution is 5.70. The van der Waals surface area contributed by atoms with E-state index in [4.69, 9.17) is 14.2 Å². The molecule has 2 unspecified atom stereocenters. The van der Waals surface area contributed by atoms with Gasteiger partial charge in [-0.25, -0.2) is 0 Å². The van der Waals surface area contributed by atoms with Crippen LogP contribution in [0.5, 0.6) is 0 Å². The molecule has 0 aromatic carbocycles. The van der Waals surface area contributed by atoms with Gasteiger partial charge in [-0.2, -0.15) is 0 Å².